The van der Waals surface area contributed by atoms with Crippen LogP contribution in [0.5, 0.6) is 0 Å². The van der Waals surface area contributed by atoms with Gasteiger partial charge >= 0.3 is 42.1 Å². The van der Waals surface area contributed by atoms with Gasteiger partial charge in [0.1, 0.15) is 11.3 Å². The number of fused-ring (bicyclic) bond motifs is 14. The van der Waals surface area contributed by atoms with Gasteiger partial charge in [0, 0.05) is 56.8 Å². The van der Waals surface area contributed by atoms with Crippen molar-refractivity contribution in [3.8, 4) is 5.69 Å². The van der Waals surface area contributed by atoms with Gasteiger partial charge in [0.25, 0.3) is 0 Å². The zero-order valence-corrected chi connectivity index (χ0v) is 52.9. The van der Waals surface area contributed by atoms with Gasteiger partial charge in [0.15, 0.2) is 0 Å². The van der Waals surface area contributed by atoms with E-state index in [-0.39, 0.29) is 58.5 Å². The SMILES string of the molecule is CC(C)(C)c1n[c-]n(-c2ccccc2)n1.CC(C)(C)c1n[c-]n(C(C)(C)C)n1.[Pt+2].[Pt+2].[c-]1cccc2c3cccc4c5ccccc5ccc5cccnc5n(c12)c43.[c-]1cccc2c3cccc4c5ccccc5ccc5cccnc5n(c12)c43. The van der Waals surface area contributed by atoms with Gasteiger partial charge in [-0.15, -0.1) is 10.8 Å². The Balaban J connectivity index is 0.000000130. The number of pyridine rings is 2. The first-order valence-electron chi connectivity index (χ1n) is 27.7. The molecule has 0 radical (unpaired) electrons. The molecule has 0 saturated carbocycles. The molecule has 8 aromatic heterocycles. The van der Waals surface area contributed by atoms with Gasteiger partial charge in [-0.2, -0.15) is 48.5 Å². The summed E-state index contributed by atoms with van der Waals surface area (Å²) < 4.78 is 8.00. The van der Waals surface area contributed by atoms with E-state index in [0.29, 0.717) is 0 Å². The van der Waals surface area contributed by atoms with Crippen molar-refractivity contribution >= 4 is 98.0 Å². The standard InChI is InChI=1S/2C25H15N2.C12H14N3.C10H18N3.2Pt/c2*1-2-9-19-17(7-1)14-15-18-8-6-16-26-25(18)27-23-13-4-3-10-20(23)22-12-5-11-21(19)24(22)27;1-12(2,3)11-13-9-15(14-11)10-7-5-4-6-8-10;1-9(2,3)8-11-7-13(12-8)10(4,5)6;;/h2*1-12,14-16H;4-8H,1-3H3;1-6H3;;/q4*-1;2*+2. The Morgan fingerprint density at radius 2 is 0.750 bits per heavy atom. The van der Waals surface area contributed by atoms with Crippen LogP contribution in [-0.4, -0.2) is 48.3 Å². The molecule has 0 atom stereocenters. The van der Waals surface area contributed by atoms with Gasteiger partial charge in [-0.1, -0.05) is 192 Å². The Morgan fingerprint density at radius 1 is 0.357 bits per heavy atom. The molecule has 7 aromatic carbocycles. The van der Waals surface area contributed by atoms with Gasteiger partial charge in [0.2, 0.25) is 0 Å². The van der Waals surface area contributed by atoms with Crippen molar-refractivity contribution in [2.75, 3.05) is 0 Å². The molecule has 12 heteroatoms. The molecule has 84 heavy (non-hydrogen) atoms. The van der Waals surface area contributed by atoms with E-state index in [0.717, 1.165) is 50.4 Å². The average molecular weight is 1460 g/mol. The van der Waals surface area contributed by atoms with E-state index in [9.17, 15) is 0 Å². The normalized spacial score (nSPS) is 11.7. The third-order valence-electron chi connectivity index (χ3n) is 14.5. The molecule has 8 heterocycles. The van der Waals surface area contributed by atoms with Crippen molar-refractivity contribution < 1.29 is 42.1 Å². The summed E-state index contributed by atoms with van der Waals surface area (Å²) in [7, 11) is 0. The molecule has 420 valence electrons. The predicted molar refractivity (Wildman–Crippen MR) is 337 cm³/mol. The van der Waals surface area contributed by atoms with Crippen LogP contribution in [-0.2, 0) is 58.5 Å². The van der Waals surface area contributed by atoms with Crippen LogP contribution in [0, 0.1) is 24.8 Å². The van der Waals surface area contributed by atoms with Gasteiger partial charge < -0.3 is 28.1 Å². The van der Waals surface area contributed by atoms with Crippen molar-refractivity contribution in [2.24, 2.45) is 0 Å². The monoisotopic (exact) mass is 1460 g/mol. The Bertz CT molecular complexity index is 4640. The Kier molecular flexibility index (Phi) is 16.8. The van der Waals surface area contributed by atoms with Crippen LogP contribution in [0.3, 0.4) is 0 Å². The van der Waals surface area contributed by atoms with Gasteiger partial charge in [-0.05, 0) is 106 Å². The fourth-order valence-electron chi connectivity index (χ4n) is 10.4. The molecule has 0 N–H and O–H groups in total. The number of benzene rings is 7. The van der Waals surface area contributed by atoms with E-state index < -0.39 is 0 Å². The van der Waals surface area contributed by atoms with E-state index in [1.165, 1.54) is 64.9 Å². The topological polar surface area (TPSA) is 96.0 Å². The van der Waals surface area contributed by atoms with Crippen molar-refractivity contribution in [3.63, 3.8) is 0 Å². The first-order valence-corrected chi connectivity index (χ1v) is 27.7. The summed E-state index contributed by atoms with van der Waals surface area (Å²) in [5, 5.41) is 23.2. The minimum Gasteiger partial charge on any atom is -0.417 e. The third kappa shape index (κ3) is 11.5. The van der Waals surface area contributed by atoms with Gasteiger partial charge in [-0.3, -0.25) is 5.10 Å². The number of rotatable bonds is 1. The first-order chi connectivity index (χ1) is 39.6. The smallest absolute Gasteiger partial charge is 0.417 e. The van der Waals surface area contributed by atoms with E-state index in [1.807, 2.05) is 67.0 Å². The summed E-state index contributed by atoms with van der Waals surface area (Å²) in [5.74, 6) is 1.66. The molecule has 0 aliphatic carbocycles. The fraction of sp³-hybridized carbons (Fsp3) is 0.167. The van der Waals surface area contributed by atoms with Crippen molar-refractivity contribution in [2.45, 2.75) is 78.7 Å². The summed E-state index contributed by atoms with van der Waals surface area (Å²) in [6.45, 7) is 18.8. The van der Waals surface area contributed by atoms with Crippen LogP contribution >= 0.6 is 0 Å². The minimum absolute atomic E-state index is 0. The zero-order valence-electron chi connectivity index (χ0n) is 48.3. The quantitative estimate of drug-likeness (QED) is 0.152. The molecule has 0 unspecified atom stereocenters. The molecule has 15 rings (SSSR count). The molecule has 0 bridgehead atoms. The predicted octanol–water partition coefficient (Wildman–Crippen LogP) is 17.1. The molecule has 15 aromatic rings. The maximum atomic E-state index is 4.76. The number of para-hydroxylation sites is 5. The van der Waals surface area contributed by atoms with Crippen LogP contribution in [0.4, 0.5) is 0 Å². The Morgan fingerprint density at radius 3 is 1.19 bits per heavy atom. The molecule has 0 spiro atoms. The van der Waals surface area contributed by atoms with Gasteiger partial charge in [-0.25, -0.2) is 15.1 Å². The summed E-state index contributed by atoms with van der Waals surface area (Å²) in [6.07, 6.45) is 9.52. The van der Waals surface area contributed by atoms with E-state index in [4.69, 9.17) is 9.97 Å². The fourth-order valence-corrected chi connectivity index (χ4v) is 10.4. The zero-order chi connectivity index (χ0) is 56.8. The van der Waals surface area contributed by atoms with Crippen LogP contribution in [0.15, 0.2) is 213 Å². The van der Waals surface area contributed by atoms with E-state index >= 15 is 0 Å². The Labute approximate surface area is 518 Å². The van der Waals surface area contributed by atoms with Crippen molar-refractivity contribution in [1.82, 2.24) is 48.3 Å². The molecule has 0 fully saturated rings. The molecule has 0 aliphatic rings. The van der Waals surface area contributed by atoms with Gasteiger partial charge in [0.05, 0.1) is 5.82 Å². The second kappa shape index (κ2) is 24.0. The Hall–Kier alpha value is -8.42. The maximum Gasteiger partial charge on any atom is 2.00 e. The summed E-state index contributed by atoms with van der Waals surface area (Å²) in [5.41, 5.74) is 7.31. The van der Waals surface area contributed by atoms with Crippen LogP contribution < -0.4 is 0 Å². The number of hydrogen-bond acceptors (Lipinski definition) is 6. The molecule has 0 aliphatic heterocycles. The van der Waals surface area contributed by atoms with Crippen molar-refractivity contribution in [3.05, 3.63) is 249 Å². The largest absolute Gasteiger partial charge is 2.00 e. The van der Waals surface area contributed by atoms with Crippen LogP contribution in [0.25, 0.3) is 104 Å². The second-order valence-electron chi connectivity index (χ2n) is 23.5. The summed E-state index contributed by atoms with van der Waals surface area (Å²) in [6, 6.07) is 76.4. The molecular formula is C72H62N10Pt2. The van der Waals surface area contributed by atoms with E-state index in [2.05, 4.69) is 262 Å². The minimum atomic E-state index is -0.0312. The summed E-state index contributed by atoms with van der Waals surface area (Å²) >= 11 is 0. The number of aromatic nitrogens is 10. The summed E-state index contributed by atoms with van der Waals surface area (Å²) in [4.78, 5) is 17.9. The molecule has 0 saturated heterocycles. The number of hydrogen-bond donors (Lipinski definition) is 0. The second-order valence-corrected chi connectivity index (χ2v) is 23.5. The van der Waals surface area contributed by atoms with Crippen molar-refractivity contribution in [1.29, 1.82) is 0 Å². The maximum absolute atomic E-state index is 4.76. The average Bonchev–Trinajstić information content (AvgIpc) is 2.89. The van der Waals surface area contributed by atoms with Crippen LogP contribution in [0.2, 0.25) is 0 Å². The number of nitrogens with zero attached hydrogens (tertiary/aromatic N) is 10. The van der Waals surface area contributed by atoms with Crippen LogP contribution in [0.1, 0.15) is 74.0 Å². The molecule has 0 amide bonds. The van der Waals surface area contributed by atoms with E-state index in [1.54, 1.807) is 9.36 Å². The third-order valence-corrected chi connectivity index (χ3v) is 14.5. The first kappa shape index (κ1) is 58.8. The molecule has 10 nitrogen and oxygen atoms in total. The molecular weight excluding hydrogens is 1400 g/mol.